The summed E-state index contributed by atoms with van der Waals surface area (Å²) in [5.41, 5.74) is -2.13. The van der Waals surface area contributed by atoms with E-state index in [4.69, 9.17) is 15.9 Å². The third-order valence-corrected chi connectivity index (χ3v) is 5.50. The van der Waals surface area contributed by atoms with E-state index >= 15 is 0 Å². The van der Waals surface area contributed by atoms with Gasteiger partial charge in [-0.1, -0.05) is 0 Å². The normalized spacial score (nSPS) is 12.9. The minimum absolute atomic E-state index is 0.300. The number of benzene rings is 1. The van der Waals surface area contributed by atoms with E-state index in [-0.39, 0.29) is 0 Å². The van der Waals surface area contributed by atoms with E-state index in [0.29, 0.717) is 12.1 Å². The first-order valence-electron chi connectivity index (χ1n) is 5.13. The molecule has 0 saturated heterocycles. The second-order valence-electron chi connectivity index (χ2n) is 3.88. The Hall–Kier alpha value is -1.31. The Bertz CT molecular complexity index is 795. The minimum Gasteiger partial charge on any atom is -0.224 e. The van der Waals surface area contributed by atoms with E-state index in [1.54, 1.807) is 0 Å². The minimum atomic E-state index is -4.91. The van der Waals surface area contributed by atoms with Crippen molar-refractivity contribution in [3.63, 3.8) is 0 Å². The van der Waals surface area contributed by atoms with Gasteiger partial charge in [-0.3, -0.25) is 0 Å². The average molecular weight is 362 g/mol. The van der Waals surface area contributed by atoms with Crippen molar-refractivity contribution in [2.45, 2.75) is 11.1 Å². The van der Waals surface area contributed by atoms with Gasteiger partial charge in [-0.2, -0.15) is 18.4 Å². The molecule has 5 nitrogen and oxygen atoms in total. The van der Waals surface area contributed by atoms with Crippen LogP contribution in [-0.2, 0) is 25.1 Å². The zero-order valence-corrected chi connectivity index (χ0v) is 12.4. The highest BCUT2D eigenvalue weighted by molar-refractivity contribution is 8.14. The van der Waals surface area contributed by atoms with E-state index in [9.17, 15) is 30.0 Å². The van der Waals surface area contributed by atoms with E-state index in [0.717, 1.165) is 6.07 Å². The third kappa shape index (κ3) is 4.87. The van der Waals surface area contributed by atoms with Gasteiger partial charge in [0.2, 0.25) is 9.05 Å². The molecule has 0 bridgehead atoms. The highest BCUT2D eigenvalue weighted by Gasteiger charge is 2.35. The maximum atomic E-state index is 12.7. The number of hydrogen-bond donors (Lipinski definition) is 0. The number of sulfone groups is 1. The first-order chi connectivity index (χ1) is 9.37. The van der Waals surface area contributed by atoms with Gasteiger partial charge < -0.3 is 0 Å². The molecule has 1 aromatic carbocycles. The summed E-state index contributed by atoms with van der Waals surface area (Å²) in [5.74, 6) is -1.89. The number of alkyl halides is 3. The van der Waals surface area contributed by atoms with Crippen LogP contribution in [0.2, 0.25) is 0 Å². The lowest BCUT2D eigenvalue weighted by Gasteiger charge is -2.11. The molecule has 1 aromatic rings. The molecule has 116 valence electrons. The van der Waals surface area contributed by atoms with Gasteiger partial charge in [0.15, 0.2) is 9.84 Å². The zero-order valence-electron chi connectivity index (χ0n) is 10.1. The molecule has 11 heteroatoms. The monoisotopic (exact) mass is 361 g/mol. The molecule has 0 N–H and O–H groups in total. The van der Waals surface area contributed by atoms with Gasteiger partial charge >= 0.3 is 6.18 Å². The highest BCUT2D eigenvalue weighted by atomic mass is 35.7. The van der Waals surface area contributed by atoms with Crippen LogP contribution in [0, 0.1) is 11.3 Å². The topological polar surface area (TPSA) is 92.1 Å². The molecule has 0 radical (unpaired) electrons. The molecule has 0 aromatic heterocycles. The fraction of sp³-hybridized carbons (Fsp3) is 0.300. The van der Waals surface area contributed by atoms with E-state index in [1.165, 1.54) is 6.07 Å². The number of nitriles is 1. The number of halogens is 4. The molecule has 0 amide bonds. The van der Waals surface area contributed by atoms with Crippen molar-refractivity contribution in [3.05, 3.63) is 29.3 Å². The summed E-state index contributed by atoms with van der Waals surface area (Å²) >= 11 is 0. The fourth-order valence-corrected chi connectivity index (χ4v) is 4.43. The molecule has 0 unspecified atom stereocenters. The summed E-state index contributed by atoms with van der Waals surface area (Å²) in [6.07, 6.45) is -4.91. The third-order valence-electron chi connectivity index (χ3n) is 2.37. The van der Waals surface area contributed by atoms with Crippen LogP contribution in [0.3, 0.4) is 0 Å². The van der Waals surface area contributed by atoms with Crippen molar-refractivity contribution in [1.29, 1.82) is 5.26 Å². The van der Waals surface area contributed by atoms with Crippen molar-refractivity contribution in [1.82, 2.24) is 0 Å². The predicted octanol–water partition coefficient (Wildman–Crippen LogP) is 1.92. The fourth-order valence-electron chi connectivity index (χ4n) is 1.38. The van der Waals surface area contributed by atoms with Gasteiger partial charge in [0.25, 0.3) is 0 Å². The Balaban J connectivity index is 3.30. The first-order valence-corrected chi connectivity index (χ1v) is 9.26. The number of rotatable bonds is 4. The molecule has 0 aliphatic carbocycles. The predicted molar refractivity (Wildman–Crippen MR) is 67.9 cm³/mol. The maximum Gasteiger partial charge on any atom is 0.417 e. The molecular formula is C10H7ClF3NO4S2. The molecular weight excluding hydrogens is 355 g/mol. The molecule has 0 spiro atoms. The van der Waals surface area contributed by atoms with Crippen LogP contribution in [0.1, 0.15) is 11.1 Å². The largest absolute Gasteiger partial charge is 0.417 e. The van der Waals surface area contributed by atoms with Gasteiger partial charge in [-0.15, -0.1) is 0 Å². The van der Waals surface area contributed by atoms with Crippen molar-refractivity contribution in [3.8, 4) is 6.07 Å². The van der Waals surface area contributed by atoms with Gasteiger partial charge in [-0.05, 0) is 18.2 Å². The standard InChI is InChI=1S/C10H7ClF3NO4S2/c11-21(18,19)4-3-20(16,17)8-2-1-7(6-15)9(5-8)10(12,13)14/h1-2,5H,3-4H2. The lowest BCUT2D eigenvalue weighted by atomic mass is 10.1. The van der Waals surface area contributed by atoms with Crippen LogP contribution in [-0.4, -0.2) is 28.3 Å². The van der Waals surface area contributed by atoms with Crippen LogP contribution < -0.4 is 0 Å². The van der Waals surface area contributed by atoms with Crippen molar-refractivity contribution >= 4 is 29.6 Å². The highest BCUT2D eigenvalue weighted by Crippen LogP contribution is 2.33. The number of hydrogen-bond acceptors (Lipinski definition) is 5. The molecule has 21 heavy (non-hydrogen) atoms. The number of nitrogens with zero attached hydrogens (tertiary/aromatic N) is 1. The second-order valence-corrected chi connectivity index (χ2v) is 8.88. The Kier molecular flexibility index (Phi) is 4.92. The second kappa shape index (κ2) is 5.82. The van der Waals surface area contributed by atoms with E-state index in [2.05, 4.69) is 0 Å². The quantitative estimate of drug-likeness (QED) is 0.764. The Morgan fingerprint density at radius 2 is 1.71 bits per heavy atom. The van der Waals surface area contributed by atoms with Gasteiger partial charge in [-0.25, -0.2) is 16.8 Å². The lowest BCUT2D eigenvalue weighted by molar-refractivity contribution is -0.137. The van der Waals surface area contributed by atoms with Crippen molar-refractivity contribution in [2.75, 3.05) is 11.5 Å². The molecule has 1 rings (SSSR count). The average Bonchev–Trinajstić information content (AvgIpc) is 2.34. The van der Waals surface area contributed by atoms with Crippen molar-refractivity contribution < 1.29 is 30.0 Å². The summed E-state index contributed by atoms with van der Waals surface area (Å²) in [4.78, 5) is -0.728. The first kappa shape index (κ1) is 17.7. The van der Waals surface area contributed by atoms with Gasteiger partial charge in [0.1, 0.15) is 0 Å². The van der Waals surface area contributed by atoms with E-state index < -0.39 is 52.6 Å². The Morgan fingerprint density at radius 3 is 2.14 bits per heavy atom. The van der Waals surface area contributed by atoms with Crippen LogP contribution in [0.15, 0.2) is 23.1 Å². The SMILES string of the molecule is N#Cc1ccc(S(=O)(=O)CCS(=O)(=O)Cl)cc1C(F)(F)F. The summed E-state index contributed by atoms with van der Waals surface area (Å²) in [7, 11) is -3.51. The molecule has 0 aliphatic rings. The smallest absolute Gasteiger partial charge is 0.224 e. The molecule has 0 heterocycles. The molecule has 0 atom stereocenters. The van der Waals surface area contributed by atoms with Crippen LogP contribution in [0.4, 0.5) is 13.2 Å². The van der Waals surface area contributed by atoms with Crippen LogP contribution in [0.25, 0.3) is 0 Å². The Morgan fingerprint density at radius 1 is 1.14 bits per heavy atom. The summed E-state index contributed by atoms with van der Waals surface area (Å²) in [6, 6.07) is 3.13. The summed E-state index contributed by atoms with van der Waals surface area (Å²) in [5, 5.41) is 8.59. The van der Waals surface area contributed by atoms with Crippen molar-refractivity contribution in [2.24, 2.45) is 0 Å². The van der Waals surface area contributed by atoms with Gasteiger partial charge in [0.05, 0.1) is 33.6 Å². The molecule has 0 aliphatic heterocycles. The molecule has 0 fully saturated rings. The Labute approximate surface area is 123 Å². The molecule has 0 saturated carbocycles. The van der Waals surface area contributed by atoms with E-state index in [1.807, 2.05) is 0 Å². The summed E-state index contributed by atoms with van der Waals surface area (Å²) in [6.45, 7) is 0. The maximum absolute atomic E-state index is 12.7. The lowest BCUT2D eigenvalue weighted by Crippen LogP contribution is -2.16. The van der Waals surface area contributed by atoms with Gasteiger partial charge in [0, 0.05) is 10.7 Å². The zero-order chi connectivity index (χ0) is 16.5. The van der Waals surface area contributed by atoms with Crippen LogP contribution in [0.5, 0.6) is 0 Å². The van der Waals surface area contributed by atoms with Crippen LogP contribution >= 0.6 is 10.7 Å². The summed E-state index contributed by atoms with van der Waals surface area (Å²) < 4.78 is 83.1.